The lowest BCUT2D eigenvalue weighted by atomic mass is 10.1. The number of rotatable bonds is 3. The molecule has 0 saturated carbocycles. The number of anilines is 1. The standard InChI is InChI=1S/C20H27N3O5S2/c1-12-7-6-8-13(2)17(12)23-14-10-30(26,27)11-15(14)29-18(23)22-16(24)9-21-19(25)28-20(3,4)5/h6-8,14-15H,9-11H2,1-5H3,(H,21,25)/t14-,15+/m0/s1. The van der Waals surface area contributed by atoms with Gasteiger partial charge in [-0.1, -0.05) is 30.0 Å². The van der Waals surface area contributed by atoms with Crippen LogP contribution in [-0.4, -0.2) is 60.5 Å². The maximum absolute atomic E-state index is 12.4. The first-order chi connectivity index (χ1) is 13.9. The molecule has 30 heavy (non-hydrogen) atoms. The fourth-order valence-corrected chi connectivity index (χ4v) is 7.54. The number of nitrogens with one attached hydrogen (secondary N) is 1. The third kappa shape index (κ3) is 5.15. The highest BCUT2D eigenvalue weighted by molar-refractivity contribution is 8.16. The Hall–Kier alpha value is -2.07. The second-order valence-electron chi connectivity index (χ2n) is 8.55. The Morgan fingerprint density at radius 2 is 1.87 bits per heavy atom. The van der Waals surface area contributed by atoms with Gasteiger partial charge in [0, 0.05) is 10.9 Å². The molecular weight excluding hydrogens is 426 g/mol. The number of alkyl carbamates (subject to hydrolysis) is 1. The summed E-state index contributed by atoms with van der Waals surface area (Å²) in [6, 6.07) is 5.57. The van der Waals surface area contributed by atoms with E-state index in [2.05, 4.69) is 10.3 Å². The van der Waals surface area contributed by atoms with E-state index >= 15 is 0 Å². The summed E-state index contributed by atoms with van der Waals surface area (Å²) < 4.78 is 29.5. The normalized spacial score (nSPS) is 24.0. The number of ether oxygens (including phenoxy) is 1. The molecule has 2 heterocycles. The van der Waals surface area contributed by atoms with Crippen molar-refractivity contribution in [1.82, 2.24) is 5.32 Å². The van der Waals surface area contributed by atoms with E-state index in [4.69, 9.17) is 4.74 Å². The molecule has 2 aliphatic heterocycles. The highest BCUT2D eigenvalue weighted by Crippen LogP contribution is 2.42. The minimum absolute atomic E-state index is 0.0296. The van der Waals surface area contributed by atoms with Gasteiger partial charge in [-0.05, 0) is 45.7 Å². The summed E-state index contributed by atoms with van der Waals surface area (Å²) in [5, 5.41) is 2.70. The Labute approximate surface area is 181 Å². The lowest BCUT2D eigenvalue weighted by Gasteiger charge is -2.28. The zero-order valence-electron chi connectivity index (χ0n) is 17.8. The minimum atomic E-state index is -3.14. The fraction of sp³-hybridized carbons (Fsp3) is 0.550. The second kappa shape index (κ2) is 8.22. The Balaban J connectivity index is 1.84. The summed E-state index contributed by atoms with van der Waals surface area (Å²) in [5.74, 6) is -0.433. The molecule has 0 unspecified atom stereocenters. The van der Waals surface area contributed by atoms with Crippen LogP contribution in [0, 0.1) is 13.8 Å². The number of carbonyl (C=O) groups excluding carboxylic acids is 2. The van der Waals surface area contributed by atoms with Crippen LogP contribution in [0.5, 0.6) is 0 Å². The summed E-state index contributed by atoms with van der Waals surface area (Å²) in [6.07, 6.45) is -0.690. The zero-order valence-corrected chi connectivity index (χ0v) is 19.4. The van der Waals surface area contributed by atoms with Crippen LogP contribution in [0.15, 0.2) is 23.2 Å². The first kappa shape index (κ1) is 22.6. The van der Waals surface area contributed by atoms with Gasteiger partial charge in [-0.2, -0.15) is 4.99 Å². The van der Waals surface area contributed by atoms with Crippen molar-refractivity contribution < 1.29 is 22.7 Å². The molecule has 0 aromatic heterocycles. The summed E-state index contributed by atoms with van der Waals surface area (Å²) in [5.41, 5.74) is 2.17. The molecule has 0 bridgehead atoms. The second-order valence-corrected chi connectivity index (χ2v) is 11.9. The third-order valence-electron chi connectivity index (χ3n) is 4.75. The van der Waals surface area contributed by atoms with E-state index in [1.54, 1.807) is 20.8 Å². The molecule has 8 nitrogen and oxygen atoms in total. The van der Waals surface area contributed by atoms with Crippen molar-refractivity contribution in [2.45, 2.75) is 51.5 Å². The van der Waals surface area contributed by atoms with Crippen LogP contribution in [0.3, 0.4) is 0 Å². The molecule has 1 aromatic rings. The lowest BCUT2D eigenvalue weighted by Crippen LogP contribution is -2.39. The maximum atomic E-state index is 12.4. The van der Waals surface area contributed by atoms with E-state index in [1.807, 2.05) is 36.9 Å². The summed E-state index contributed by atoms with van der Waals surface area (Å²) in [6.45, 7) is 8.81. The van der Waals surface area contributed by atoms with Gasteiger partial charge in [-0.15, -0.1) is 0 Å². The Kier molecular flexibility index (Phi) is 6.20. The van der Waals surface area contributed by atoms with E-state index < -0.39 is 27.4 Å². The van der Waals surface area contributed by atoms with Crippen LogP contribution in [0.25, 0.3) is 0 Å². The molecule has 10 heteroatoms. The van der Waals surface area contributed by atoms with Gasteiger partial charge in [-0.25, -0.2) is 13.2 Å². The molecule has 1 N–H and O–H groups in total. The number of hydrogen-bond acceptors (Lipinski definition) is 6. The molecule has 2 fully saturated rings. The van der Waals surface area contributed by atoms with Gasteiger partial charge in [-0.3, -0.25) is 4.79 Å². The predicted octanol–water partition coefficient (Wildman–Crippen LogP) is 2.43. The van der Waals surface area contributed by atoms with Crippen molar-refractivity contribution in [3.63, 3.8) is 0 Å². The topological polar surface area (TPSA) is 105 Å². The number of sulfone groups is 1. The van der Waals surface area contributed by atoms with Crippen LogP contribution < -0.4 is 10.2 Å². The van der Waals surface area contributed by atoms with Gasteiger partial charge in [0.1, 0.15) is 12.1 Å². The van der Waals surface area contributed by atoms with Crippen molar-refractivity contribution in [1.29, 1.82) is 0 Å². The molecule has 2 atom stereocenters. The highest BCUT2D eigenvalue weighted by atomic mass is 32.2. The number of benzene rings is 1. The molecule has 0 aliphatic carbocycles. The lowest BCUT2D eigenvalue weighted by molar-refractivity contribution is -0.117. The van der Waals surface area contributed by atoms with E-state index in [0.29, 0.717) is 5.17 Å². The van der Waals surface area contributed by atoms with Crippen LogP contribution in [-0.2, 0) is 19.4 Å². The molecule has 0 radical (unpaired) electrons. The van der Waals surface area contributed by atoms with E-state index in [9.17, 15) is 18.0 Å². The van der Waals surface area contributed by atoms with Crippen molar-refractivity contribution in [2.75, 3.05) is 23.0 Å². The van der Waals surface area contributed by atoms with E-state index in [-0.39, 0.29) is 29.3 Å². The van der Waals surface area contributed by atoms with Crippen molar-refractivity contribution in [3.8, 4) is 0 Å². The SMILES string of the molecule is Cc1cccc(C)c1N1C(=NC(=O)CNC(=O)OC(C)(C)C)S[C@@H]2CS(=O)(=O)C[C@@H]21. The number of nitrogens with zero attached hydrogens (tertiary/aromatic N) is 2. The first-order valence-corrected chi connectivity index (χ1v) is 12.4. The van der Waals surface area contributed by atoms with Crippen LogP contribution >= 0.6 is 11.8 Å². The summed E-state index contributed by atoms with van der Waals surface area (Å²) in [4.78, 5) is 30.3. The maximum Gasteiger partial charge on any atom is 0.408 e. The largest absolute Gasteiger partial charge is 0.444 e. The Morgan fingerprint density at radius 3 is 2.47 bits per heavy atom. The number of amides is 2. The quantitative estimate of drug-likeness (QED) is 0.749. The van der Waals surface area contributed by atoms with Crippen LogP contribution in [0.1, 0.15) is 31.9 Å². The van der Waals surface area contributed by atoms with Gasteiger partial charge in [0.2, 0.25) is 0 Å². The predicted molar refractivity (Wildman–Crippen MR) is 119 cm³/mol. The van der Waals surface area contributed by atoms with Gasteiger partial charge in [0.15, 0.2) is 15.0 Å². The molecular formula is C20H27N3O5S2. The van der Waals surface area contributed by atoms with Gasteiger partial charge in [0.25, 0.3) is 5.91 Å². The van der Waals surface area contributed by atoms with Crippen molar-refractivity contribution in [3.05, 3.63) is 29.3 Å². The average Bonchev–Trinajstić information content (AvgIpc) is 3.03. The first-order valence-electron chi connectivity index (χ1n) is 9.67. The number of aryl methyl sites for hydroxylation is 2. The molecule has 164 valence electrons. The minimum Gasteiger partial charge on any atom is -0.444 e. The molecule has 3 rings (SSSR count). The van der Waals surface area contributed by atoms with Gasteiger partial charge >= 0.3 is 6.09 Å². The van der Waals surface area contributed by atoms with E-state index in [0.717, 1.165) is 16.8 Å². The summed E-state index contributed by atoms with van der Waals surface area (Å²) in [7, 11) is -3.14. The highest BCUT2D eigenvalue weighted by Gasteiger charge is 2.49. The number of fused-ring (bicyclic) bond motifs is 1. The molecule has 0 spiro atoms. The third-order valence-corrected chi connectivity index (χ3v) is 7.96. The molecule has 1 aromatic carbocycles. The molecule has 2 aliphatic rings. The van der Waals surface area contributed by atoms with Crippen molar-refractivity contribution in [2.24, 2.45) is 4.99 Å². The smallest absolute Gasteiger partial charge is 0.408 e. The summed E-state index contributed by atoms with van der Waals surface area (Å²) >= 11 is 1.31. The van der Waals surface area contributed by atoms with Crippen LogP contribution in [0.4, 0.5) is 10.5 Å². The Morgan fingerprint density at radius 1 is 1.23 bits per heavy atom. The number of aliphatic imine (C=N–C) groups is 1. The molecule has 2 amide bonds. The number of thioether (sulfide) groups is 1. The number of hydrogen-bond donors (Lipinski definition) is 1. The zero-order chi connectivity index (χ0) is 22.3. The van der Waals surface area contributed by atoms with Crippen LogP contribution in [0.2, 0.25) is 0 Å². The van der Waals surface area contributed by atoms with E-state index in [1.165, 1.54) is 11.8 Å². The average molecular weight is 454 g/mol. The number of carbonyl (C=O) groups is 2. The fourth-order valence-electron chi connectivity index (χ4n) is 3.62. The molecule has 2 saturated heterocycles. The van der Waals surface area contributed by atoms with Gasteiger partial charge < -0.3 is 15.0 Å². The Bertz CT molecular complexity index is 978. The van der Waals surface area contributed by atoms with Gasteiger partial charge in [0.05, 0.1) is 17.5 Å². The monoisotopic (exact) mass is 453 g/mol. The number of amidine groups is 1. The number of para-hydroxylation sites is 1. The van der Waals surface area contributed by atoms with Crippen molar-refractivity contribution >= 4 is 44.5 Å².